The Morgan fingerprint density at radius 2 is 1.61 bits per heavy atom. The van der Waals surface area contributed by atoms with E-state index in [-0.39, 0.29) is 0 Å². The fourth-order valence-electron chi connectivity index (χ4n) is 4.08. The molecule has 0 amide bonds. The number of nitrogens with zero attached hydrogens (tertiary/aromatic N) is 3. The van der Waals surface area contributed by atoms with Gasteiger partial charge >= 0.3 is 0 Å². The normalized spacial score (nSPS) is 12.2. The van der Waals surface area contributed by atoms with Crippen molar-refractivity contribution in [2.24, 2.45) is 0 Å². The Morgan fingerprint density at radius 3 is 2.29 bits per heavy atom. The summed E-state index contributed by atoms with van der Waals surface area (Å²) in [6.07, 6.45) is -0.583. The van der Waals surface area contributed by atoms with Gasteiger partial charge in [0.15, 0.2) is 0 Å². The molecule has 6 heteroatoms. The van der Waals surface area contributed by atoms with Gasteiger partial charge in [0.05, 0.1) is 46.0 Å². The average molecular weight is 467 g/mol. The fourth-order valence-corrected chi connectivity index (χ4v) is 4.44. The molecule has 1 atom stereocenters. The number of fused-ring (bicyclic) bond motifs is 6. The van der Waals surface area contributed by atoms with Crippen LogP contribution in [0.5, 0.6) is 0 Å². The van der Waals surface area contributed by atoms with E-state index >= 15 is 0 Å². The summed E-state index contributed by atoms with van der Waals surface area (Å²) in [7, 11) is 0. The second-order valence-corrected chi connectivity index (χ2v) is 8.35. The number of hydrogen-bond acceptors (Lipinski definition) is 4. The molecule has 31 heavy (non-hydrogen) atoms. The molecule has 5 aromatic rings. The van der Waals surface area contributed by atoms with Crippen LogP contribution >= 0.6 is 15.9 Å². The van der Waals surface area contributed by atoms with E-state index in [1.165, 1.54) is 0 Å². The molecular weight excluding hydrogens is 452 g/mol. The molecule has 148 valence electrons. The van der Waals surface area contributed by atoms with Gasteiger partial charge in [-0.3, -0.25) is 0 Å². The highest BCUT2D eigenvalue weighted by molar-refractivity contribution is 9.10. The van der Waals surface area contributed by atoms with Crippen molar-refractivity contribution >= 4 is 48.5 Å². The standard InChI is InChI=1S/C25H15BrN4O/c1-13(31)14-5-7-18-20(9-14)21-10-17(26)6-8-19(21)24-23(18)29-25(30-24)22-15(11-27)3-2-4-16(22)12-28/h2-10,13,31H,1H3,(H,29,30). The van der Waals surface area contributed by atoms with Gasteiger partial charge in [0.25, 0.3) is 0 Å². The number of H-pyrrole nitrogens is 1. The van der Waals surface area contributed by atoms with Crippen LogP contribution in [0.15, 0.2) is 59.1 Å². The van der Waals surface area contributed by atoms with Crippen LogP contribution in [0.3, 0.4) is 0 Å². The van der Waals surface area contributed by atoms with E-state index in [2.05, 4.69) is 33.1 Å². The number of halogens is 1. The zero-order valence-corrected chi connectivity index (χ0v) is 18.0. The average Bonchev–Trinajstić information content (AvgIpc) is 3.23. The molecule has 0 saturated carbocycles. The van der Waals surface area contributed by atoms with E-state index in [0.717, 1.165) is 42.6 Å². The van der Waals surface area contributed by atoms with Gasteiger partial charge in [-0.05, 0) is 53.6 Å². The lowest BCUT2D eigenvalue weighted by molar-refractivity contribution is 0.199. The SMILES string of the molecule is CC(O)c1ccc2c(c1)c1cc(Br)ccc1c1nc(-c3c(C#N)cccc3C#N)[nH]c21. The van der Waals surface area contributed by atoms with Gasteiger partial charge in [-0.25, -0.2) is 4.98 Å². The summed E-state index contributed by atoms with van der Waals surface area (Å²) in [5, 5.41) is 33.2. The molecule has 0 saturated heterocycles. The minimum absolute atomic E-state index is 0.394. The molecule has 0 aliphatic carbocycles. The second kappa shape index (κ2) is 7.21. The molecule has 0 spiro atoms. The molecule has 0 aliphatic rings. The number of rotatable bonds is 2. The monoisotopic (exact) mass is 466 g/mol. The third kappa shape index (κ3) is 2.97. The molecule has 0 aliphatic heterocycles. The van der Waals surface area contributed by atoms with E-state index in [9.17, 15) is 15.6 Å². The van der Waals surface area contributed by atoms with Crippen molar-refractivity contribution in [2.45, 2.75) is 13.0 Å². The first-order valence-electron chi connectivity index (χ1n) is 9.68. The summed E-state index contributed by atoms with van der Waals surface area (Å²) >= 11 is 3.56. The maximum atomic E-state index is 10.1. The lowest BCUT2D eigenvalue weighted by Gasteiger charge is -2.10. The van der Waals surface area contributed by atoms with E-state index in [1.54, 1.807) is 25.1 Å². The smallest absolute Gasteiger partial charge is 0.141 e. The first kappa shape index (κ1) is 19.3. The van der Waals surface area contributed by atoms with Crippen molar-refractivity contribution in [2.75, 3.05) is 0 Å². The molecule has 5 nitrogen and oxygen atoms in total. The highest BCUT2D eigenvalue weighted by Crippen LogP contribution is 2.38. The molecule has 5 rings (SSSR count). The zero-order valence-electron chi connectivity index (χ0n) is 16.4. The van der Waals surface area contributed by atoms with Crippen LogP contribution < -0.4 is 0 Å². The molecule has 1 aromatic heterocycles. The van der Waals surface area contributed by atoms with Crippen molar-refractivity contribution in [3.8, 4) is 23.5 Å². The quantitative estimate of drug-likeness (QED) is 0.307. The minimum atomic E-state index is -0.583. The van der Waals surface area contributed by atoms with Gasteiger partial charge < -0.3 is 10.1 Å². The van der Waals surface area contributed by atoms with Gasteiger partial charge in [0.2, 0.25) is 0 Å². The van der Waals surface area contributed by atoms with Gasteiger partial charge in [0.1, 0.15) is 5.82 Å². The van der Waals surface area contributed by atoms with Crippen LogP contribution in [0.1, 0.15) is 29.7 Å². The van der Waals surface area contributed by atoms with E-state index in [4.69, 9.17) is 4.98 Å². The molecule has 0 fully saturated rings. The minimum Gasteiger partial charge on any atom is -0.389 e. The van der Waals surface area contributed by atoms with Crippen molar-refractivity contribution in [1.82, 2.24) is 9.97 Å². The van der Waals surface area contributed by atoms with Crippen LogP contribution in [0.4, 0.5) is 0 Å². The van der Waals surface area contributed by atoms with E-state index in [0.29, 0.717) is 22.5 Å². The predicted molar refractivity (Wildman–Crippen MR) is 124 cm³/mol. The first-order valence-corrected chi connectivity index (χ1v) is 10.5. The van der Waals surface area contributed by atoms with E-state index < -0.39 is 6.10 Å². The summed E-state index contributed by atoms with van der Waals surface area (Å²) in [6, 6.07) is 21.3. The zero-order chi connectivity index (χ0) is 21.7. The van der Waals surface area contributed by atoms with Crippen molar-refractivity contribution in [3.63, 3.8) is 0 Å². The highest BCUT2D eigenvalue weighted by atomic mass is 79.9. The van der Waals surface area contributed by atoms with Crippen LogP contribution in [0, 0.1) is 22.7 Å². The number of aliphatic hydroxyl groups excluding tert-OH is 1. The van der Waals surface area contributed by atoms with Gasteiger partial charge in [-0.15, -0.1) is 0 Å². The number of aromatic nitrogens is 2. The predicted octanol–water partition coefficient (Wildman–Crippen LogP) is 6.10. The fraction of sp³-hybridized carbons (Fsp3) is 0.0800. The number of nitriles is 2. The van der Waals surface area contributed by atoms with Crippen molar-refractivity contribution in [1.29, 1.82) is 10.5 Å². The highest BCUT2D eigenvalue weighted by Gasteiger charge is 2.19. The van der Waals surface area contributed by atoms with Crippen LogP contribution in [0.25, 0.3) is 44.0 Å². The Morgan fingerprint density at radius 1 is 0.935 bits per heavy atom. The Labute approximate surface area is 186 Å². The molecule has 0 radical (unpaired) electrons. The summed E-state index contributed by atoms with van der Waals surface area (Å²) < 4.78 is 0.945. The second-order valence-electron chi connectivity index (χ2n) is 7.43. The van der Waals surface area contributed by atoms with Gasteiger partial charge in [-0.1, -0.05) is 40.2 Å². The van der Waals surface area contributed by atoms with E-state index in [1.807, 2.05) is 36.4 Å². The molecule has 2 N–H and O–H groups in total. The molecule has 1 heterocycles. The summed E-state index contributed by atoms with van der Waals surface area (Å²) in [5.41, 5.74) is 3.72. The van der Waals surface area contributed by atoms with Gasteiger partial charge in [0, 0.05) is 15.2 Å². The molecule has 0 bridgehead atoms. The lowest BCUT2D eigenvalue weighted by atomic mass is 9.97. The molecule has 1 unspecified atom stereocenters. The Balaban J connectivity index is 1.95. The number of benzene rings is 4. The Bertz CT molecular complexity index is 1570. The Kier molecular flexibility index (Phi) is 4.48. The maximum absolute atomic E-state index is 10.1. The number of imidazole rings is 1. The number of nitrogens with one attached hydrogen (secondary N) is 1. The number of hydrogen-bond donors (Lipinski definition) is 2. The van der Waals surface area contributed by atoms with Crippen LogP contribution in [-0.4, -0.2) is 15.1 Å². The third-order valence-corrected chi connectivity index (χ3v) is 6.06. The first-order chi connectivity index (χ1) is 15.0. The topological polar surface area (TPSA) is 96.5 Å². The summed E-state index contributed by atoms with van der Waals surface area (Å²) in [4.78, 5) is 8.22. The number of aromatic amines is 1. The van der Waals surface area contributed by atoms with Crippen LogP contribution in [0.2, 0.25) is 0 Å². The summed E-state index contributed by atoms with van der Waals surface area (Å²) in [5.74, 6) is 0.486. The molecular formula is C25H15BrN4O. The van der Waals surface area contributed by atoms with Crippen molar-refractivity contribution in [3.05, 3.63) is 75.8 Å². The molecule has 4 aromatic carbocycles. The third-order valence-electron chi connectivity index (χ3n) is 5.57. The lowest BCUT2D eigenvalue weighted by Crippen LogP contribution is -1.91. The maximum Gasteiger partial charge on any atom is 0.141 e. The van der Waals surface area contributed by atoms with Gasteiger partial charge in [-0.2, -0.15) is 10.5 Å². The number of aliphatic hydroxyl groups is 1. The largest absolute Gasteiger partial charge is 0.389 e. The summed E-state index contributed by atoms with van der Waals surface area (Å²) in [6.45, 7) is 1.74. The van der Waals surface area contributed by atoms with Crippen LogP contribution in [-0.2, 0) is 0 Å². The van der Waals surface area contributed by atoms with Crippen molar-refractivity contribution < 1.29 is 5.11 Å². The Hall–Kier alpha value is -3.71.